The van der Waals surface area contributed by atoms with Crippen molar-refractivity contribution in [2.45, 2.75) is 25.7 Å². The largest absolute Gasteiger partial charge is 2.00 e. The van der Waals surface area contributed by atoms with Gasteiger partial charge >= 0.3 is 21.7 Å². The summed E-state index contributed by atoms with van der Waals surface area (Å²) in [7, 11) is 0. The first-order valence-electron chi connectivity index (χ1n) is 4.35. The molecule has 0 bridgehead atoms. The van der Waals surface area contributed by atoms with E-state index in [4.69, 9.17) is 0 Å². The van der Waals surface area contributed by atoms with Crippen molar-refractivity contribution >= 4 is 24.8 Å². The molecule has 0 aromatic carbocycles. The Bertz CT molecular complexity index is 124. The third-order valence-electron chi connectivity index (χ3n) is 1.72. The van der Waals surface area contributed by atoms with Crippen LogP contribution in [0.5, 0.6) is 0 Å². The molecule has 80 valence electrons. The molecule has 0 unspecified atom stereocenters. The minimum atomic E-state index is 0. The Morgan fingerprint density at radius 2 is 1.64 bits per heavy atom. The fourth-order valence-electron chi connectivity index (χ4n) is 1.08. The van der Waals surface area contributed by atoms with E-state index >= 15 is 0 Å². The quantitative estimate of drug-likeness (QED) is 0.471. The van der Waals surface area contributed by atoms with Gasteiger partial charge < -0.3 is 5.32 Å². The summed E-state index contributed by atoms with van der Waals surface area (Å²) in [4.78, 5) is 0. The maximum absolute atomic E-state index is 4.18. The van der Waals surface area contributed by atoms with E-state index in [1.165, 1.54) is 19.3 Å². The van der Waals surface area contributed by atoms with Crippen molar-refractivity contribution in [1.82, 2.24) is 0 Å². The van der Waals surface area contributed by atoms with E-state index in [2.05, 4.69) is 17.5 Å². The Balaban J connectivity index is -0.000000144. The fourth-order valence-corrected chi connectivity index (χ4v) is 1.08. The Hall–Kier alpha value is 0.734. The molecule has 4 heteroatoms. The van der Waals surface area contributed by atoms with Gasteiger partial charge in [0, 0.05) is 0 Å². The van der Waals surface area contributed by atoms with E-state index in [-0.39, 0.29) is 46.5 Å². The van der Waals surface area contributed by atoms with Gasteiger partial charge in [-0.05, 0) is 0 Å². The van der Waals surface area contributed by atoms with Gasteiger partial charge in [-0.15, -0.1) is 44.3 Å². The molecule has 0 aromatic heterocycles. The molecule has 0 N–H and O–H groups in total. The molecule has 0 amide bonds. The summed E-state index contributed by atoms with van der Waals surface area (Å²) in [6, 6.07) is 0. The van der Waals surface area contributed by atoms with Crippen LogP contribution in [0.2, 0.25) is 0 Å². The second-order valence-corrected chi connectivity index (χ2v) is 2.73. The summed E-state index contributed by atoms with van der Waals surface area (Å²) >= 11 is 0. The van der Waals surface area contributed by atoms with E-state index < -0.39 is 0 Å². The monoisotopic (exact) mass is 269 g/mol. The number of halogens is 2. The maximum Gasteiger partial charge on any atom is 2.00 e. The van der Waals surface area contributed by atoms with Gasteiger partial charge in [-0.1, -0.05) is 19.3 Å². The number of rotatable bonds is 0. The fraction of sp³-hybridized carbons (Fsp3) is 0.600. The minimum Gasteiger partial charge on any atom is -0.662 e. The van der Waals surface area contributed by atoms with Gasteiger partial charge in [0.15, 0.2) is 0 Å². The minimum absolute atomic E-state index is 0. The first kappa shape index (κ1) is 20.2. The van der Waals surface area contributed by atoms with Crippen molar-refractivity contribution in [3.05, 3.63) is 29.6 Å². The van der Waals surface area contributed by atoms with E-state index in [1.807, 2.05) is 12.2 Å². The van der Waals surface area contributed by atoms with Crippen LogP contribution in [0.15, 0.2) is 18.2 Å². The molecular formula is C10H17Cl2NTi. The van der Waals surface area contributed by atoms with Crippen LogP contribution in [-0.4, -0.2) is 13.1 Å². The van der Waals surface area contributed by atoms with Crippen LogP contribution in [0.1, 0.15) is 25.7 Å². The van der Waals surface area contributed by atoms with Crippen LogP contribution < -0.4 is 0 Å². The molecule has 0 saturated carbocycles. The molecule has 1 fully saturated rings. The first-order chi connectivity index (χ1) is 5.50. The van der Waals surface area contributed by atoms with E-state index in [0.29, 0.717) is 0 Å². The predicted molar refractivity (Wildman–Crippen MR) is 63.0 cm³/mol. The number of hydrogen-bond acceptors (Lipinski definition) is 0. The summed E-state index contributed by atoms with van der Waals surface area (Å²) in [5.74, 6) is 0. The van der Waals surface area contributed by atoms with E-state index in [0.717, 1.165) is 19.5 Å². The van der Waals surface area contributed by atoms with Crippen molar-refractivity contribution < 1.29 is 21.7 Å². The van der Waals surface area contributed by atoms with Crippen molar-refractivity contribution in [2.75, 3.05) is 13.1 Å². The Kier molecular flexibility index (Phi) is 23.3. The summed E-state index contributed by atoms with van der Waals surface area (Å²) in [6.45, 7) is 2.25. The molecule has 2 aliphatic rings. The molecule has 1 aliphatic heterocycles. The number of nitrogens with zero attached hydrogens (tertiary/aromatic N) is 1. The second-order valence-electron chi connectivity index (χ2n) is 2.73. The summed E-state index contributed by atoms with van der Waals surface area (Å²) in [6.07, 6.45) is 14.1. The molecule has 1 aliphatic carbocycles. The zero-order valence-corrected chi connectivity index (χ0v) is 11.4. The van der Waals surface area contributed by atoms with E-state index in [1.54, 1.807) is 0 Å². The third kappa shape index (κ3) is 12.7. The first-order valence-corrected chi connectivity index (χ1v) is 4.35. The Morgan fingerprint density at radius 3 is 1.79 bits per heavy atom. The Morgan fingerprint density at radius 1 is 1.00 bits per heavy atom. The molecule has 1 nitrogen and oxygen atoms in total. The molecular weight excluding hydrogens is 253 g/mol. The predicted octanol–water partition coefficient (Wildman–Crippen LogP) is 3.69. The van der Waals surface area contributed by atoms with Crippen molar-refractivity contribution in [2.24, 2.45) is 0 Å². The molecule has 1 heterocycles. The topological polar surface area (TPSA) is 14.1 Å². The third-order valence-corrected chi connectivity index (χ3v) is 1.72. The molecule has 0 spiro atoms. The maximum atomic E-state index is 4.18. The average molecular weight is 270 g/mol. The second kappa shape index (κ2) is 16.2. The van der Waals surface area contributed by atoms with Crippen molar-refractivity contribution in [1.29, 1.82) is 0 Å². The summed E-state index contributed by atoms with van der Waals surface area (Å²) in [5.41, 5.74) is 0. The standard InChI is InChI=1S/C5H10N.C5H5.2ClH.Ti/c1-2-4-6-5-3-1;1-2-4-5-3-1;;;/h1-5H2;1-3H,4H2;2*1H;/q2*-1;;;+2. The molecule has 0 aromatic rings. The van der Waals surface area contributed by atoms with Crippen molar-refractivity contribution in [3.8, 4) is 0 Å². The van der Waals surface area contributed by atoms with E-state index in [9.17, 15) is 0 Å². The average Bonchev–Trinajstić information content (AvgIpc) is 2.64. The number of allylic oxidation sites excluding steroid dienone is 4. The number of piperidine rings is 1. The molecule has 0 radical (unpaired) electrons. The van der Waals surface area contributed by atoms with Crippen molar-refractivity contribution in [3.63, 3.8) is 0 Å². The molecule has 2 rings (SSSR count). The van der Waals surface area contributed by atoms with Gasteiger partial charge in [0.2, 0.25) is 0 Å². The van der Waals surface area contributed by atoms with Crippen LogP contribution >= 0.6 is 24.8 Å². The Labute approximate surface area is 115 Å². The van der Waals surface area contributed by atoms with Gasteiger partial charge in [0.1, 0.15) is 0 Å². The summed E-state index contributed by atoms with van der Waals surface area (Å²) in [5, 5.41) is 4.18. The van der Waals surface area contributed by atoms with Gasteiger partial charge in [0.25, 0.3) is 0 Å². The SMILES string of the molecule is C1CC[N-]CC1.Cl.Cl.[C-]1=CC=CC1.[Ti+2]. The molecule has 1 saturated heterocycles. The smallest absolute Gasteiger partial charge is 0.662 e. The zero-order chi connectivity index (χ0) is 7.78. The van der Waals surface area contributed by atoms with Gasteiger partial charge in [-0.3, -0.25) is 6.08 Å². The van der Waals surface area contributed by atoms with Crippen LogP contribution in [0.25, 0.3) is 5.32 Å². The van der Waals surface area contributed by atoms with Gasteiger partial charge in [-0.2, -0.15) is 6.08 Å². The van der Waals surface area contributed by atoms with Crippen LogP contribution in [-0.2, 0) is 21.7 Å². The van der Waals surface area contributed by atoms with Crippen LogP contribution in [0.4, 0.5) is 0 Å². The number of hydrogen-bond donors (Lipinski definition) is 0. The van der Waals surface area contributed by atoms with Gasteiger partial charge in [0.05, 0.1) is 0 Å². The molecule has 0 atom stereocenters. The summed E-state index contributed by atoms with van der Waals surface area (Å²) < 4.78 is 0. The normalized spacial score (nSPS) is 16.6. The van der Waals surface area contributed by atoms with Crippen LogP contribution in [0, 0.1) is 6.08 Å². The van der Waals surface area contributed by atoms with Gasteiger partial charge in [-0.25, -0.2) is 12.2 Å². The zero-order valence-electron chi connectivity index (χ0n) is 8.24. The van der Waals surface area contributed by atoms with Crippen LogP contribution in [0.3, 0.4) is 0 Å². The molecule has 14 heavy (non-hydrogen) atoms.